The lowest BCUT2D eigenvalue weighted by Crippen LogP contribution is -1.88. The minimum Gasteiger partial charge on any atom is -0.380 e. The van der Waals surface area contributed by atoms with E-state index < -0.39 is 0 Å². The highest BCUT2D eigenvalue weighted by Crippen LogP contribution is 2.41. The number of thiophene rings is 1. The third kappa shape index (κ3) is 2.17. The van der Waals surface area contributed by atoms with E-state index in [2.05, 4.69) is 21.1 Å². The second kappa shape index (κ2) is 4.79. The lowest BCUT2D eigenvalue weighted by atomic mass is 10.1. The average Bonchev–Trinajstić information content (AvgIpc) is 3.01. The fourth-order valence-electron chi connectivity index (χ4n) is 1.82. The number of rotatable bonds is 2. The first kappa shape index (κ1) is 12.4. The first-order chi connectivity index (χ1) is 9.16. The molecule has 0 spiro atoms. The molecule has 0 saturated carbocycles. The summed E-state index contributed by atoms with van der Waals surface area (Å²) in [6.07, 6.45) is 0. The van der Waals surface area contributed by atoms with Gasteiger partial charge in [-0.1, -0.05) is 27.2 Å². The minimum atomic E-state index is -0.342. The van der Waals surface area contributed by atoms with Gasteiger partial charge < -0.3 is 10.3 Å². The molecule has 19 heavy (non-hydrogen) atoms. The van der Waals surface area contributed by atoms with Crippen molar-refractivity contribution >= 4 is 33.1 Å². The Morgan fingerprint density at radius 3 is 2.89 bits per heavy atom. The normalized spacial score (nSPS) is 10.8. The molecule has 0 aliphatic rings. The van der Waals surface area contributed by atoms with Crippen molar-refractivity contribution in [3.63, 3.8) is 0 Å². The Labute approximate surface area is 121 Å². The van der Waals surface area contributed by atoms with Gasteiger partial charge in [0.15, 0.2) is 11.6 Å². The van der Waals surface area contributed by atoms with E-state index in [9.17, 15) is 4.39 Å². The van der Waals surface area contributed by atoms with Crippen molar-refractivity contribution in [3.05, 3.63) is 46.0 Å². The summed E-state index contributed by atoms with van der Waals surface area (Å²) in [5.41, 5.74) is 7.14. The first-order valence-electron chi connectivity index (χ1n) is 5.41. The number of halogens is 2. The molecule has 0 radical (unpaired) electrons. The monoisotopic (exact) mass is 338 g/mol. The van der Waals surface area contributed by atoms with Crippen LogP contribution in [0.25, 0.3) is 21.8 Å². The van der Waals surface area contributed by atoms with Gasteiger partial charge in [-0.15, -0.1) is 11.3 Å². The van der Waals surface area contributed by atoms with E-state index in [-0.39, 0.29) is 5.82 Å². The van der Waals surface area contributed by atoms with Crippen molar-refractivity contribution in [3.8, 4) is 21.8 Å². The van der Waals surface area contributed by atoms with E-state index in [4.69, 9.17) is 10.3 Å². The van der Waals surface area contributed by atoms with Crippen LogP contribution in [0.1, 0.15) is 0 Å². The summed E-state index contributed by atoms with van der Waals surface area (Å²) in [4.78, 5) is 0.935. The van der Waals surface area contributed by atoms with Crippen LogP contribution < -0.4 is 5.73 Å². The zero-order chi connectivity index (χ0) is 13.4. The third-order valence-electron chi connectivity index (χ3n) is 2.66. The van der Waals surface area contributed by atoms with E-state index in [1.165, 1.54) is 23.5 Å². The number of benzene rings is 1. The molecular weight excluding hydrogens is 331 g/mol. The molecule has 0 unspecified atom stereocenters. The van der Waals surface area contributed by atoms with Gasteiger partial charge >= 0.3 is 0 Å². The standard InChI is InChI=1S/C13H8BrFN2OS/c14-9-4-3-7(15)6-8(9)12-11(13(16)17-18-12)10-2-1-5-19-10/h1-6H,(H2,16,17). The maximum Gasteiger partial charge on any atom is 0.178 e. The summed E-state index contributed by atoms with van der Waals surface area (Å²) >= 11 is 4.91. The Bertz CT molecular complexity index is 724. The largest absolute Gasteiger partial charge is 0.380 e. The Kier molecular flexibility index (Phi) is 3.12. The molecule has 0 aliphatic carbocycles. The average molecular weight is 339 g/mol. The molecule has 0 atom stereocenters. The topological polar surface area (TPSA) is 52.0 Å². The second-order valence-corrected chi connectivity index (χ2v) is 5.68. The molecule has 2 N–H and O–H groups in total. The third-order valence-corrected chi connectivity index (χ3v) is 4.24. The molecule has 6 heteroatoms. The summed E-state index contributed by atoms with van der Waals surface area (Å²) in [6, 6.07) is 8.22. The van der Waals surface area contributed by atoms with Gasteiger partial charge in [-0.3, -0.25) is 0 Å². The summed E-state index contributed by atoms with van der Waals surface area (Å²) in [6.45, 7) is 0. The molecule has 3 rings (SSSR count). The lowest BCUT2D eigenvalue weighted by molar-refractivity contribution is 0.435. The Morgan fingerprint density at radius 2 is 2.16 bits per heavy atom. The van der Waals surface area contributed by atoms with Gasteiger partial charge in [-0.2, -0.15) is 0 Å². The summed E-state index contributed by atoms with van der Waals surface area (Å²) < 4.78 is 19.4. The zero-order valence-corrected chi connectivity index (χ0v) is 12.0. The van der Waals surface area contributed by atoms with Crippen LogP contribution in [-0.4, -0.2) is 5.16 Å². The molecule has 0 fully saturated rings. The van der Waals surface area contributed by atoms with Crippen LogP contribution in [0.4, 0.5) is 10.2 Å². The predicted octanol–water partition coefficient (Wildman–Crippen LogP) is 4.55. The number of nitrogens with zero attached hydrogens (tertiary/aromatic N) is 1. The van der Waals surface area contributed by atoms with Gasteiger partial charge in [-0.05, 0) is 29.6 Å². The second-order valence-electron chi connectivity index (χ2n) is 3.87. The van der Waals surface area contributed by atoms with Gasteiger partial charge in [0.05, 0.1) is 5.56 Å². The molecule has 0 bridgehead atoms. The Balaban J connectivity index is 2.24. The number of nitrogens with two attached hydrogens (primary N) is 1. The highest BCUT2D eigenvalue weighted by Gasteiger charge is 2.20. The van der Waals surface area contributed by atoms with Gasteiger partial charge in [0, 0.05) is 14.9 Å². The van der Waals surface area contributed by atoms with E-state index in [0.29, 0.717) is 22.7 Å². The van der Waals surface area contributed by atoms with Crippen LogP contribution in [0.3, 0.4) is 0 Å². The van der Waals surface area contributed by atoms with E-state index in [1.54, 1.807) is 6.07 Å². The van der Waals surface area contributed by atoms with Crippen LogP contribution in [0.5, 0.6) is 0 Å². The maximum absolute atomic E-state index is 13.4. The van der Waals surface area contributed by atoms with Crippen LogP contribution >= 0.6 is 27.3 Å². The highest BCUT2D eigenvalue weighted by atomic mass is 79.9. The van der Waals surface area contributed by atoms with Gasteiger partial charge in [-0.25, -0.2) is 4.39 Å². The first-order valence-corrected chi connectivity index (χ1v) is 7.08. The summed E-state index contributed by atoms with van der Waals surface area (Å²) in [5, 5.41) is 5.72. The van der Waals surface area contributed by atoms with Crippen molar-refractivity contribution in [2.75, 3.05) is 5.73 Å². The molecule has 2 heterocycles. The van der Waals surface area contributed by atoms with Gasteiger partial charge in [0.1, 0.15) is 5.82 Å². The molecule has 3 aromatic rings. The number of aromatic nitrogens is 1. The number of hydrogen-bond acceptors (Lipinski definition) is 4. The lowest BCUT2D eigenvalue weighted by Gasteiger charge is -2.03. The maximum atomic E-state index is 13.4. The number of nitrogen functional groups attached to an aromatic ring is 1. The quantitative estimate of drug-likeness (QED) is 0.745. The van der Waals surface area contributed by atoms with Crippen LogP contribution in [0.2, 0.25) is 0 Å². The van der Waals surface area contributed by atoms with Gasteiger partial charge in [0.2, 0.25) is 0 Å². The Hall–Kier alpha value is -1.66. The fraction of sp³-hybridized carbons (Fsp3) is 0. The van der Waals surface area contributed by atoms with Crippen LogP contribution in [0, 0.1) is 5.82 Å². The molecule has 0 aliphatic heterocycles. The Morgan fingerprint density at radius 1 is 1.32 bits per heavy atom. The smallest absolute Gasteiger partial charge is 0.178 e. The molecule has 1 aromatic carbocycles. The number of anilines is 1. The van der Waals surface area contributed by atoms with Crippen molar-refractivity contribution in [2.45, 2.75) is 0 Å². The molecular formula is C13H8BrFN2OS. The van der Waals surface area contributed by atoms with Crippen molar-refractivity contribution in [2.24, 2.45) is 0 Å². The minimum absolute atomic E-state index is 0.300. The van der Waals surface area contributed by atoms with Crippen LogP contribution in [-0.2, 0) is 0 Å². The molecule has 0 amide bonds. The zero-order valence-electron chi connectivity index (χ0n) is 9.56. The van der Waals surface area contributed by atoms with E-state index in [0.717, 1.165) is 9.35 Å². The molecule has 96 valence electrons. The highest BCUT2D eigenvalue weighted by molar-refractivity contribution is 9.10. The fourth-order valence-corrected chi connectivity index (χ4v) is 3.02. The summed E-state index contributed by atoms with van der Waals surface area (Å²) in [7, 11) is 0. The van der Waals surface area contributed by atoms with Crippen LogP contribution in [0.15, 0.2) is 44.7 Å². The van der Waals surface area contributed by atoms with Crippen molar-refractivity contribution in [1.29, 1.82) is 0 Å². The number of hydrogen-bond donors (Lipinski definition) is 1. The van der Waals surface area contributed by atoms with Crippen molar-refractivity contribution in [1.82, 2.24) is 5.16 Å². The molecule has 3 nitrogen and oxygen atoms in total. The SMILES string of the molecule is Nc1noc(-c2cc(F)ccc2Br)c1-c1cccs1. The summed E-state index contributed by atoms with van der Waals surface area (Å²) in [5.74, 6) is 0.422. The van der Waals surface area contributed by atoms with Crippen molar-refractivity contribution < 1.29 is 8.91 Å². The predicted molar refractivity (Wildman–Crippen MR) is 77.3 cm³/mol. The van der Waals surface area contributed by atoms with E-state index >= 15 is 0 Å². The molecule has 0 saturated heterocycles. The van der Waals surface area contributed by atoms with E-state index in [1.807, 2.05) is 17.5 Å². The molecule has 2 aromatic heterocycles. The van der Waals surface area contributed by atoms with Gasteiger partial charge in [0.25, 0.3) is 0 Å².